The predicted octanol–water partition coefficient (Wildman–Crippen LogP) is 3.54. The Balaban J connectivity index is 1.61. The van der Waals surface area contributed by atoms with Gasteiger partial charge in [0.1, 0.15) is 17.2 Å². The highest BCUT2D eigenvalue weighted by Gasteiger charge is 2.16. The molecule has 0 unspecified atom stereocenters. The second kappa shape index (κ2) is 10.3. The summed E-state index contributed by atoms with van der Waals surface area (Å²) in [6.07, 6.45) is 2.53. The van der Waals surface area contributed by atoms with E-state index in [1.165, 1.54) is 17.3 Å². The molecule has 3 aromatic rings. The third kappa shape index (κ3) is 5.75. The van der Waals surface area contributed by atoms with Gasteiger partial charge in [-0.25, -0.2) is 4.98 Å². The fourth-order valence-corrected chi connectivity index (χ4v) is 3.56. The number of ether oxygens (including phenoxy) is 1. The van der Waals surface area contributed by atoms with Gasteiger partial charge in [0.15, 0.2) is 0 Å². The number of benzene rings is 1. The Labute approximate surface area is 193 Å². The number of aromatic nitrogens is 3. The maximum absolute atomic E-state index is 12.6. The number of rotatable bonds is 8. The Morgan fingerprint density at radius 3 is 2.85 bits per heavy atom. The van der Waals surface area contributed by atoms with Gasteiger partial charge in [0.05, 0.1) is 6.10 Å². The Hall–Kier alpha value is -3.72. The number of carbonyl (C=O) groups excluding carboxylic acids is 1. The second-order valence-electron chi connectivity index (χ2n) is 8.00. The number of fused-ring (bicyclic) bond motifs is 1. The van der Waals surface area contributed by atoms with Gasteiger partial charge in [-0.3, -0.25) is 4.79 Å². The van der Waals surface area contributed by atoms with Crippen molar-refractivity contribution in [3.8, 4) is 5.88 Å². The number of carbonyl (C=O) groups is 1. The van der Waals surface area contributed by atoms with E-state index in [1.807, 2.05) is 32.9 Å². The van der Waals surface area contributed by atoms with E-state index in [9.17, 15) is 4.79 Å². The molecule has 1 aromatic carbocycles. The summed E-state index contributed by atoms with van der Waals surface area (Å²) >= 11 is 0. The molecule has 1 aliphatic rings. The SMILES string of the molecule is CCNC(=O)c1cnc(Nc2ccc3c(c2)CNCC3)nc1Nc1cccc(OC(C)C)n1. The molecule has 0 aliphatic carbocycles. The molecule has 0 saturated heterocycles. The fraction of sp³-hybridized carbons (Fsp3) is 0.333. The highest BCUT2D eigenvalue weighted by atomic mass is 16.5. The predicted molar refractivity (Wildman–Crippen MR) is 128 cm³/mol. The number of nitrogens with one attached hydrogen (secondary N) is 4. The fourth-order valence-electron chi connectivity index (χ4n) is 3.56. The summed E-state index contributed by atoms with van der Waals surface area (Å²) in [7, 11) is 0. The maximum Gasteiger partial charge on any atom is 0.256 e. The molecule has 3 heterocycles. The number of hydrogen-bond acceptors (Lipinski definition) is 8. The zero-order valence-corrected chi connectivity index (χ0v) is 19.1. The first-order valence-corrected chi connectivity index (χ1v) is 11.2. The van der Waals surface area contributed by atoms with Crippen molar-refractivity contribution in [2.24, 2.45) is 0 Å². The molecule has 2 aromatic heterocycles. The summed E-state index contributed by atoms with van der Waals surface area (Å²) < 4.78 is 5.68. The zero-order chi connectivity index (χ0) is 23.2. The standard InChI is InChI=1S/C24H29N7O2/c1-4-26-23(32)19-14-27-24(28-18-9-8-16-10-11-25-13-17(16)12-18)31-22(19)30-20-6-5-7-21(29-20)33-15(2)3/h5-9,12,14-15,25H,4,10-11,13H2,1-3H3,(H,26,32)(H2,27,28,29,30,31). The lowest BCUT2D eigenvalue weighted by Crippen LogP contribution is -2.24. The topological polar surface area (TPSA) is 113 Å². The van der Waals surface area contributed by atoms with Crippen LogP contribution in [-0.2, 0) is 13.0 Å². The number of hydrogen-bond donors (Lipinski definition) is 4. The molecule has 9 heteroatoms. The molecular formula is C24H29N7O2. The van der Waals surface area contributed by atoms with Crippen molar-refractivity contribution >= 4 is 29.2 Å². The minimum Gasteiger partial charge on any atom is -0.475 e. The number of amides is 1. The number of anilines is 4. The smallest absolute Gasteiger partial charge is 0.256 e. The normalized spacial score (nSPS) is 12.7. The molecule has 0 saturated carbocycles. The van der Waals surface area contributed by atoms with E-state index >= 15 is 0 Å². The van der Waals surface area contributed by atoms with Gasteiger partial charge in [0, 0.05) is 31.0 Å². The van der Waals surface area contributed by atoms with Crippen LogP contribution in [0.15, 0.2) is 42.6 Å². The third-order valence-corrected chi connectivity index (χ3v) is 5.05. The summed E-state index contributed by atoms with van der Waals surface area (Å²) in [4.78, 5) is 26.0. The van der Waals surface area contributed by atoms with Crippen molar-refractivity contribution < 1.29 is 9.53 Å². The van der Waals surface area contributed by atoms with Crippen molar-refractivity contribution in [1.29, 1.82) is 0 Å². The molecule has 0 fully saturated rings. The van der Waals surface area contributed by atoms with Gasteiger partial charge in [-0.05, 0) is 63.1 Å². The van der Waals surface area contributed by atoms with Crippen LogP contribution in [0, 0.1) is 0 Å². The van der Waals surface area contributed by atoms with Crippen LogP contribution in [0.25, 0.3) is 0 Å². The number of nitrogens with zero attached hydrogens (tertiary/aromatic N) is 3. The Kier molecular flexibility index (Phi) is 6.99. The molecule has 4 rings (SSSR count). The first-order chi connectivity index (χ1) is 16.0. The average Bonchev–Trinajstić information content (AvgIpc) is 2.79. The summed E-state index contributed by atoms with van der Waals surface area (Å²) in [6, 6.07) is 11.7. The summed E-state index contributed by atoms with van der Waals surface area (Å²) in [5.74, 6) is 1.48. The van der Waals surface area contributed by atoms with Crippen LogP contribution < -0.4 is 26.0 Å². The van der Waals surface area contributed by atoms with Crippen molar-refractivity contribution in [3.05, 3.63) is 59.3 Å². The molecule has 33 heavy (non-hydrogen) atoms. The van der Waals surface area contributed by atoms with E-state index in [2.05, 4.69) is 48.4 Å². The van der Waals surface area contributed by atoms with Gasteiger partial charge in [0.25, 0.3) is 5.91 Å². The third-order valence-electron chi connectivity index (χ3n) is 5.05. The largest absolute Gasteiger partial charge is 0.475 e. The summed E-state index contributed by atoms with van der Waals surface area (Å²) in [5, 5.41) is 12.6. The first kappa shape index (κ1) is 22.5. The molecular weight excluding hydrogens is 418 g/mol. The lowest BCUT2D eigenvalue weighted by Gasteiger charge is -2.18. The quantitative estimate of drug-likeness (QED) is 0.415. The minimum absolute atomic E-state index is 0.000290. The molecule has 9 nitrogen and oxygen atoms in total. The van der Waals surface area contributed by atoms with Gasteiger partial charge >= 0.3 is 0 Å². The molecule has 0 radical (unpaired) electrons. The van der Waals surface area contributed by atoms with Crippen molar-refractivity contribution in [1.82, 2.24) is 25.6 Å². The van der Waals surface area contributed by atoms with Crippen LogP contribution >= 0.6 is 0 Å². The Morgan fingerprint density at radius 1 is 1.15 bits per heavy atom. The average molecular weight is 448 g/mol. The van der Waals surface area contributed by atoms with Crippen LogP contribution in [0.3, 0.4) is 0 Å². The van der Waals surface area contributed by atoms with Crippen LogP contribution in [0.5, 0.6) is 5.88 Å². The molecule has 0 spiro atoms. The lowest BCUT2D eigenvalue weighted by molar-refractivity contribution is 0.0956. The van der Waals surface area contributed by atoms with Crippen LogP contribution in [0.4, 0.5) is 23.3 Å². The van der Waals surface area contributed by atoms with Crippen LogP contribution in [0.1, 0.15) is 42.3 Å². The van der Waals surface area contributed by atoms with Gasteiger partial charge in [-0.2, -0.15) is 9.97 Å². The Morgan fingerprint density at radius 2 is 2.03 bits per heavy atom. The molecule has 4 N–H and O–H groups in total. The van der Waals surface area contributed by atoms with Crippen molar-refractivity contribution in [2.45, 2.75) is 39.8 Å². The van der Waals surface area contributed by atoms with Gasteiger partial charge < -0.3 is 26.0 Å². The summed E-state index contributed by atoms with van der Waals surface area (Å²) in [6.45, 7) is 8.08. The summed E-state index contributed by atoms with van der Waals surface area (Å²) in [5.41, 5.74) is 3.83. The van der Waals surface area contributed by atoms with Crippen LogP contribution in [0.2, 0.25) is 0 Å². The van der Waals surface area contributed by atoms with Gasteiger partial charge in [-0.1, -0.05) is 12.1 Å². The molecule has 1 aliphatic heterocycles. The molecule has 1 amide bonds. The lowest BCUT2D eigenvalue weighted by atomic mass is 10.0. The van der Waals surface area contributed by atoms with E-state index in [1.54, 1.807) is 12.1 Å². The second-order valence-corrected chi connectivity index (χ2v) is 8.00. The highest BCUT2D eigenvalue weighted by Crippen LogP contribution is 2.24. The van der Waals surface area contributed by atoms with Gasteiger partial charge in [0.2, 0.25) is 11.8 Å². The van der Waals surface area contributed by atoms with E-state index in [0.717, 1.165) is 25.2 Å². The number of pyridine rings is 1. The van der Waals surface area contributed by atoms with E-state index < -0.39 is 0 Å². The van der Waals surface area contributed by atoms with Crippen molar-refractivity contribution in [3.63, 3.8) is 0 Å². The minimum atomic E-state index is -0.263. The molecule has 172 valence electrons. The Bertz CT molecular complexity index is 1130. The first-order valence-electron chi connectivity index (χ1n) is 11.2. The van der Waals surface area contributed by atoms with E-state index in [-0.39, 0.29) is 12.0 Å². The zero-order valence-electron chi connectivity index (χ0n) is 19.1. The maximum atomic E-state index is 12.6. The van der Waals surface area contributed by atoms with Crippen LogP contribution in [-0.4, -0.2) is 40.1 Å². The van der Waals surface area contributed by atoms with E-state index in [4.69, 9.17) is 4.74 Å². The monoisotopic (exact) mass is 447 g/mol. The van der Waals surface area contributed by atoms with Gasteiger partial charge in [-0.15, -0.1) is 0 Å². The molecule has 0 atom stereocenters. The van der Waals surface area contributed by atoms with Crippen molar-refractivity contribution in [2.75, 3.05) is 23.7 Å². The highest BCUT2D eigenvalue weighted by molar-refractivity contribution is 5.99. The molecule has 0 bridgehead atoms. The van der Waals surface area contributed by atoms with E-state index in [0.29, 0.717) is 35.6 Å².